The zero-order valence-corrected chi connectivity index (χ0v) is 14.4. The number of nitrogens with two attached hydrogens (primary N) is 1. The average molecular weight is 349 g/mol. The zero-order chi connectivity index (χ0) is 17.3. The predicted molar refractivity (Wildman–Crippen MR) is 88.8 cm³/mol. The molecule has 2 aromatic rings. The topological polar surface area (TPSA) is 103 Å². The third-order valence-electron chi connectivity index (χ3n) is 3.94. The van der Waals surface area contributed by atoms with Gasteiger partial charge in [-0.1, -0.05) is 18.3 Å². The quantitative estimate of drug-likeness (QED) is 0.838. The largest absolute Gasteiger partial charge is 0.464 e. The lowest BCUT2D eigenvalue weighted by Crippen LogP contribution is -2.30. The third-order valence-corrected chi connectivity index (χ3v) is 4.85. The minimum Gasteiger partial charge on any atom is -0.464 e. The minimum atomic E-state index is -0.475. The number of esters is 1. The van der Waals surface area contributed by atoms with Crippen LogP contribution in [0.4, 0.5) is 5.13 Å². The van der Waals surface area contributed by atoms with Crippen molar-refractivity contribution in [2.75, 3.05) is 19.4 Å². The van der Waals surface area contributed by atoms with Gasteiger partial charge >= 0.3 is 5.97 Å². The molecule has 0 radical (unpaired) electrons. The Morgan fingerprint density at radius 3 is 2.92 bits per heavy atom. The van der Waals surface area contributed by atoms with Crippen LogP contribution in [-0.4, -0.2) is 45.2 Å². The van der Waals surface area contributed by atoms with Gasteiger partial charge in [-0.15, -0.1) is 0 Å². The van der Waals surface area contributed by atoms with Crippen molar-refractivity contribution < 1.29 is 14.3 Å². The highest BCUT2D eigenvalue weighted by Crippen LogP contribution is 2.24. The maximum atomic E-state index is 12.9. The van der Waals surface area contributed by atoms with Crippen LogP contribution >= 0.6 is 11.3 Å². The Kier molecular flexibility index (Phi) is 4.52. The van der Waals surface area contributed by atoms with E-state index in [1.165, 1.54) is 18.4 Å². The number of thiazole rings is 1. The summed E-state index contributed by atoms with van der Waals surface area (Å²) in [6.07, 6.45) is 1.42. The number of amides is 1. The Hall–Kier alpha value is -2.42. The van der Waals surface area contributed by atoms with Crippen LogP contribution in [0.3, 0.4) is 0 Å². The lowest BCUT2D eigenvalue weighted by atomic mass is 10.2. The van der Waals surface area contributed by atoms with Gasteiger partial charge in [-0.25, -0.2) is 9.78 Å². The highest BCUT2D eigenvalue weighted by molar-refractivity contribution is 7.17. The Balaban J connectivity index is 1.86. The monoisotopic (exact) mass is 349 g/mol. The summed E-state index contributed by atoms with van der Waals surface area (Å²) in [6.45, 7) is 3.62. The molecule has 0 bridgehead atoms. The number of anilines is 1. The second-order valence-electron chi connectivity index (χ2n) is 5.50. The Labute approximate surface area is 143 Å². The summed E-state index contributed by atoms with van der Waals surface area (Å²) in [7, 11) is 1.32. The van der Waals surface area contributed by atoms with Crippen LogP contribution < -0.4 is 5.73 Å². The maximum Gasteiger partial charge on any atom is 0.358 e. The van der Waals surface area contributed by atoms with Crippen LogP contribution in [0, 0.1) is 0 Å². The van der Waals surface area contributed by atoms with Gasteiger partial charge in [-0.2, -0.15) is 5.10 Å². The molecule has 9 heteroatoms. The average Bonchev–Trinajstić information content (AvgIpc) is 3.10. The second kappa shape index (κ2) is 6.60. The van der Waals surface area contributed by atoms with E-state index in [1.54, 1.807) is 15.6 Å². The molecule has 2 N–H and O–H groups in total. The summed E-state index contributed by atoms with van der Waals surface area (Å²) >= 11 is 1.22. The van der Waals surface area contributed by atoms with E-state index in [4.69, 9.17) is 10.5 Å². The van der Waals surface area contributed by atoms with Gasteiger partial charge in [0, 0.05) is 13.1 Å². The van der Waals surface area contributed by atoms with E-state index < -0.39 is 5.97 Å². The summed E-state index contributed by atoms with van der Waals surface area (Å²) in [6, 6.07) is 1.68. The van der Waals surface area contributed by atoms with E-state index in [0.717, 1.165) is 17.8 Å². The van der Waals surface area contributed by atoms with E-state index >= 15 is 0 Å². The summed E-state index contributed by atoms with van der Waals surface area (Å²) in [5.74, 6) is -0.549. The summed E-state index contributed by atoms with van der Waals surface area (Å²) in [5, 5.41) is 4.67. The lowest BCUT2D eigenvalue weighted by Gasteiger charge is -2.19. The first-order valence-corrected chi connectivity index (χ1v) is 8.54. The van der Waals surface area contributed by atoms with Gasteiger partial charge < -0.3 is 15.4 Å². The molecule has 2 aromatic heterocycles. The molecule has 24 heavy (non-hydrogen) atoms. The first kappa shape index (κ1) is 16.4. The molecule has 1 aliphatic rings. The molecule has 0 spiro atoms. The first-order chi connectivity index (χ1) is 11.5. The summed E-state index contributed by atoms with van der Waals surface area (Å²) in [5.41, 5.74) is 7.56. The van der Waals surface area contributed by atoms with E-state index in [2.05, 4.69) is 10.1 Å². The Morgan fingerprint density at radius 2 is 2.21 bits per heavy atom. The van der Waals surface area contributed by atoms with Gasteiger partial charge in [0.15, 0.2) is 10.8 Å². The molecule has 0 saturated carbocycles. The summed E-state index contributed by atoms with van der Waals surface area (Å²) < 4.78 is 6.47. The fourth-order valence-corrected chi connectivity index (χ4v) is 3.65. The van der Waals surface area contributed by atoms with Crippen LogP contribution in [0.2, 0.25) is 0 Å². The number of rotatable bonds is 3. The number of ether oxygens (including phenoxy) is 1. The number of hydrogen-bond donors (Lipinski definition) is 1. The Morgan fingerprint density at radius 1 is 1.42 bits per heavy atom. The van der Waals surface area contributed by atoms with E-state index in [0.29, 0.717) is 36.1 Å². The number of aryl methyl sites for hydroxylation is 2. The van der Waals surface area contributed by atoms with Gasteiger partial charge in [0.25, 0.3) is 5.91 Å². The molecule has 8 nitrogen and oxygen atoms in total. The van der Waals surface area contributed by atoms with Gasteiger partial charge in [0.05, 0.1) is 25.0 Å². The van der Waals surface area contributed by atoms with Crippen LogP contribution in [0.25, 0.3) is 0 Å². The van der Waals surface area contributed by atoms with Gasteiger partial charge in [-0.3, -0.25) is 9.48 Å². The molecule has 3 rings (SSSR count). The number of nitrogens with zero attached hydrogens (tertiary/aromatic N) is 4. The van der Waals surface area contributed by atoms with Crippen molar-refractivity contribution in [1.29, 1.82) is 0 Å². The van der Waals surface area contributed by atoms with Gasteiger partial charge in [0.2, 0.25) is 0 Å². The third kappa shape index (κ3) is 2.99. The van der Waals surface area contributed by atoms with Gasteiger partial charge in [0.1, 0.15) is 4.88 Å². The molecule has 0 fully saturated rings. The lowest BCUT2D eigenvalue weighted by molar-refractivity contribution is 0.0593. The number of fused-ring (bicyclic) bond motifs is 1. The van der Waals surface area contributed by atoms with Crippen LogP contribution in [0.1, 0.15) is 44.9 Å². The molecule has 3 heterocycles. The fourth-order valence-electron chi connectivity index (χ4n) is 2.76. The molecule has 0 saturated heterocycles. The molecule has 0 atom stereocenters. The standard InChI is InChI=1S/C15H19N5O3S/c1-3-10-12(24-15(16)17-10)13(21)19-5-4-6-20-9(8-19)7-11(18-20)14(22)23-2/h7H,3-6,8H2,1-2H3,(H2,16,17). The number of aromatic nitrogens is 3. The van der Waals surface area contributed by atoms with Crippen molar-refractivity contribution in [2.45, 2.75) is 32.9 Å². The molecule has 1 aliphatic heterocycles. The second-order valence-corrected chi connectivity index (χ2v) is 6.53. The number of carbonyl (C=O) groups excluding carboxylic acids is 2. The number of hydrogen-bond acceptors (Lipinski definition) is 7. The van der Waals surface area contributed by atoms with Crippen LogP contribution in [0.15, 0.2) is 6.07 Å². The van der Waals surface area contributed by atoms with Crippen LogP contribution in [0.5, 0.6) is 0 Å². The minimum absolute atomic E-state index is 0.0738. The Bertz CT molecular complexity index is 782. The molecule has 0 aliphatic carbocycles. The summed E-state index contributed by atoms with van der Waals surface area (Å²) in [4.78, 5) is 31.1. The first-order valence-electron chi connectivity index (χ1n) is 7.73. The van der Waals surface area contributed by atoms with Crippen molar-refractivity contribution in [1.82, 2.24) is 19.7 Å². The number of nitrogen functional groups attached to an aromatic ring is 1. The smallest absolute Gasteiger partial charge is 0.358 e. The number of carbonyl (C=O) groups is 2. The molecular weight excluding hydrogens is 330 g/mol. The van der Waals surface area contributed by atoms with E-state index in [-0.39, 0.29) is 11.6 Å². The van der Waals surface area contributed by atoms with Crippen molar-refractivity contribution in [3.63, 3.8) is 0 Å². The van der Waals surface area contributed by atoms with E-state index in [9.17, 15) is 9.59 Å². The van der Waals surface area contributed by atoms with Gasteiger partial charge in [-0.05, 0) is 18.9 Å². The normalized spacial score (nSPS) is 14.2. The molecule has 1 amide bonds. The van der Waals surface area contributed by atoms with Crippen LogP contribution in [-0.2, 0) is 24.2 Å². The molecule has 0 unspecified atom stereocenters. The predicted octanol–water partition coefficient (Wildman–Crippen LogP) is 1.32. The highest BCUT2D eigenvalue weighted by atomic mass is 32.1. The van der Waals surface area contributed by atoms with Crippen molar-refractivity contribution in [3.8, 4) is 0 Å². The van der Waals surface area contributed by atoms with Crippen molar-refractivity contribution >= 4 is 28.3 Å². The zero-order valence-electron chi connectivity index (χ0n) is 13.6. The van der Waals surface area contributed by atoms with E-state index in [1.807, 2.05) is 6.92 Å². The SMILES string of the molecule is CCc1nc(N)sc1C(=O)N1CCCn2nc(C(=O)OC)cc2C1. The maximum absolute atomic E-state index is 12.9. The highest BCUT2D eigenvalue weighted by Gasteiger charge is 2.26. The van der Waals surface area contributed by atoms with Crippen molar-refractivity contribution in [2.24, 2.45) is 0 Å². The number of methoxy groups -OCH3 is 1. The molecule has 128 valence electrons. The fraction of sp³-hybridized carbons (Fsp3) is 0.467. The van der Waals surface area contributed by atoms with Crippen molar-refractivity contribution in [3.05, 3.63) is 28.0 Å². The molecular formula is C15H19N5O3S. The molecule has 0 aromatic carbocycles.